The third kappa shape index (κ3) is 2.10. The molecule has 1 atom stereocenters. The maximum Gasteiger partial charge on any atom is 0.0554 e. The van der Waals surface area contributed by atoms with E-state index < -0.39 is 0 Å². The van der Waals surface area contributed by atoms with Crippen molar-refractivity contribution in [2.24, 2.45) is 11.1 Å². The first-order chi connectivity index (χ1) is 6.73. The normalized spacial score (nSPS) is 30.9. The molecule has 2 heterocycles. The number of nitrogens with zero attached hydrogens (tertiary/aromatic N) is 1. The van der Waals surface area contributed by atoms with Crippen molar-refractivity contribution >= 4 is 0 Å². The third-order valence-electron chi connectivity index (χ3n) is 3.49. The standard InChI is InChI=1S/C11H22N2O/c1-11(8-14-9-11)7-13-6-4-10(13)3-2-5-12/h10H,2-9,12H2,1H3. The van der Waals surface area contributed by atoms with Crippen molar-refractivity contribution in [3.63, 3.8) is 0 Å². The molecule has 82 valence electrons. The van der Waals surface area contributed by atoms with E-state index in [-0.39, 0.29) is 0 Å². The molecule has 0 bridgehead atoms. The van der Waals surface area contributed by atoms with Gasteiger partial charge in [-0.1, -0.05) is 6.92 Å². The monoisotopic (exact) mass is 198 g/mol. The summed E-state index contributed by atoms with van der Waals surface area (Å²) in [6, 6.07) is 0.816. The second-order valence-corrected chi connectivity index (χ2v) is 5.15. The summed E-state index contributed by atoms with van der Waals surface area (Å²) in [6.07, 6.45) is 3.83. The predicted molar refractivity (Wildman–Crippen MR) is 57.2 cm³/mol. The highest BCUT2D eigenvalue weighted by atomic mass is 16.5. The molecule has 0 aromatic carbocycles. The predicted octanol–water partition coefficient (Wildman–Crippen LogP) is 0.836. The van der Waals surface area contributed by atoms with Gasteiger partial charge in [-0.25, -0.2) is 0 Å². The zero-order chi connectivity index (χ0) is 10.0. The molecule has 0 aromatic heterocycles. The molecule has 2 N–H and O–H groups in total. The first-order valence-corrected chi connectivity index (χ1v) is 5.75. The maximum absolute atomic E-state index is 5.53. The molecule has 3 heteroatoms. The summed E-state index contributed by atoms with van der Waals surface area (Å²) in [6.45, 7) is 7.58. The molecule has 2 aliphatic rings. The van der Waals surface area contributed by atoms with Gasteiger partial charge in [0.2, 0.25) is 0 Å². The molecule has 0 spiro atoms. The van der Waals surface area contributed by atoms with E-state index in [4.69, 9.17) is 10.5 Å². The van der Waals surface area contributed by atoms with E-state index >= 15 is 0 Å². The number of hydrogen-bond donors (Lipinski definition) is 1. The van der Waals surface area contributed by atoms with Crippen molar-refractivity contribution in [1.29, 1.82) is 0 Å². The van der Waals surface area contributed by atoms with Crippen molar-refractivity contribution < 1.29 is 4.74 Å². The van der Waals surface area contributed by atoms with Gasteiger partial charge in [0.25, 0.3) is 0 Å². The Hall–Kier alpha value is -0.120. The van der Waals surface area contributed by atoms with E-state index in [0.717, 1.165) is 25.8 Å². The van der Waals surface area contributed by atoms with Crippen LogP contribution in [0.4, 0.5) is 0 Å². The summed E-state index contributed by atoms with van der Waals surface area (Å²) in [7, 11) is 0. The molecular weight excluding hydrogens is 176 g/mol. The summed E-state index contributed by atoms with van der Waals surface area (Å²) in [5, 5.41) is 0. The Morgan fingerprint density at radius 2 is 2.29 bits per heavy atom. The first-order valence-electron chi connectivity index (χ1n) is 5.75. The summed E-state index contributed by atoms with van der Waals surface area (Å²) >= 11 is 0. The molecular formula is C11H22N2O. The minimum Gasteiger partial charge on any atom is -0.380 e. The van der Waals surface area contributed by atoms with Crippen LogP contribution in [-0.2, 0) is 4.74 Å². The van der Waals surface area contributed by atoms with Gasteiger partial charge in [0, 0.05) is 18.0 Å². The van der Waals surface area contributed by atoms with Crippen LogP contribution in [-0.4, -0.2) is 43.8 Å². The zero-order valence-electron chi connectivity index (χ0n) is 9.17. The van der Waals surface area contributed by atoms with E-state index in [1.165, 1.54) is 32.4 Å². The molecule has 1 unspecified atom stereocenters. The Labute approximate surface area is 86.6 Å². The molecule has 0 amide bonds. The number of ether oxygens (including phenoxy) is 1. The second-order valence-electron chi connectivity index (χ2n) is 5.15. The van der Waals surface area contributed by atoms with Crippen LogP contribution in [0.2, 0.25) is 0 Å². The lowest BCUT2D eigenvalue weighted by atomic mass is 9.85. The average Bonchev–Trinajstić information content (AvgIpc) is 2.10. The maximum atomic E-state index is 5.53. The van der Waals surface area contributed by atoms with E-state index in [1.54, 1.807) is 0 Å². The summed E-state index contributed by atoms with van der Waals surface area (Å²) < 4.78 is 5.28. The van der Waals surface area contributed by atoms with Crippen LogP contribution in [0.15, 0.2) is 0 Å². The fourth-order valence-corrected chi connectivity index (χ4v) is 2.41. The Morgan fingerprint density at radius 3 is 2.71 bits per heavy atom. The summed E-state index contributed by atoms with van der Waals surface area (Å²) in [5.74, 6) is 0. The number of nitrogens with two attached hydrogens (primary N) is 1. The lowest BCUT2D eigenvalue weighted by Crippen LogP contribution is -2.56. The van der Waals surface area contributed by atoms with Crippen molar-refractivity contribution in [1.82, 2.24) is 4.90 Å². The van der Waals surface area contributed by atoms with Gasteiger partial charge >= 0.3 is 0 Å². The van der Waals surface area contributed by atoms with Gasteiger partial charge in [0.15, 0.2) is 0 Å². The number of likely N-dealkylation sites (tertiary alicyclic amines) is 1. The van der Waals surface area contributed by atoms with Crippen molar-refractivity contribution in [2.75, 3.05) is 32.8 Å². The minimum absolute atomic E-state index is 0.446. The Kier molecular flexibility index (Phi) is 3.10. The van der Waals surface area contributed by atoms with Crippen LogP contribution in [0.25, 0.3) is 0 Å². The van der Waals surface area contributed by atoms with Gasteiger partial charge in [-0.05, 0) is 32.4 Å². The quantitative estimate of drug-likeness (QED) is 0.711. The molecule has 0 aliphatic carbocycles. The van der Waals surface area contributed by atoms with Crippen LogP contribution in [0.5, 0.6) is 0 Å². The lowest BCUT2D eigenvalue weighted by Gasteiger charge is -2.49. The Balaban J connectivity index is 1.70. The molecule has 2 rings (SSSR count). The zero-order valence-corrected chi connectivity index (χ0v) is 9.17. The van der Waals surface area contributed by atoms with Crippen LogP contribution >= 0.6 is 0 Å². The Bertz CT molecular complexity index is 192. The van der Waals surface area contributed by atoms with Crippen LogP contribution in [0, 0.1) is 5.41 Å². The summed E-state index contributed by atoms with van der Waals surface area (Å²) in [5.41, 5.74) is 5.97. The van der Waals surface area contributed by atoms with Gasteiger partial charge in [-0.15, -0.1) is 0 Å². The minimum atomic E-state index is 0.446. The average molecular weight is 198 g/mol. The van der Waals surface area contributed by atoms with E-state index in [2.05, 4.69) is 11.8 Å². The largest absolute Gasteiger partial charge is 0.380 e. The third-order valence-corrected chi connectivity index (χ3v) is 3.49. The molecule has 0 aromatic rings. The van der Waals surface area contributed by atoms with Crippen molar-refractivity contribution in [3.8, 4) is 0 Å². The van der Waals surface area contributed by atoms with E-state index in [0.29, 0.717) is 5.41 Å². The SMILES string of the molecule is CC1(CN2CCC2CCCN)COC1. The van der Waals surface area contributed by atoms with E-state index in [1.807, 2.05) is 0 Å². The number of hydrogen-bond acceptors (Lipinski definition) is 3. The molecule has 0 radical (unpaired) electrons. The van der Waals surface area contributed by atoms with Crippen molar-refractivity contribution in [2.45, 2.75) is 32.2 Å². The first kappa shape index (κ1) is 10.4. The smallest absolute Gasteiger partial charge is 0.0554 e. The van der Waals surface area contributed by atoms with Crippen LogP contribution < -0.4 is 5.73 Å². The van der Waals surface area contributed by atoms with Crippen LogP contribution in [0.1, 0.15) is 26.2 Å². The highest BCUT2D eigenvalue weighted by Gasteiger charge is 2.39. The molecule has 2 saturated heterocycles. The fraction of sp³-hybridized carbons (Fsp3) is 1.00. The van der Waals surface area contributed by atoms with Gasteiger partial charge in [0.05, 0.1) is 13.2 Å². The molecule has 14 heavy (non-hydrogen) atoms. The van der Waals surface area contributed by atoms with Gasteiger partial charge in [0.1, 0.15) is 0 Å². The summed E-state index contributed by atoms with van der Waals surface area (Å²) in [4.78, 5) is 2.61. The molecule has 0 saturated carbocycles. The highest BCUT2D eigenvalue weighted by Crippen LogP contribution is 2.32. The Morgan fingerprint density at radius 1 is 1.50 bits per heavy atom. The van der Waals surface area contributed by atoms with Gasteiger partial charge in [-0.3, -0.25) is 4.90 Å². The topological polar surface area (TPSA) is 38.5 Å². The van der Waals surface area contributed by atoms with E-state index in [9.17, 15) is 0 Å². The second kappa shape index (κ2) is 4.17. The van der Waals surface area contributed by atoms with Gasteiger partial charge in [-0.2, -0.15) is 0 Å². The molecule has 3 nitrogen and oxygen atoms in total. The fourth-order valence-electron chi connectivity index (χ4n) is 2.41. The lowest BCUT2D eigenvalue weighted by molar-refractivity contribution is -0.129. The molecule has 2 fully saturated rings. The van der Waals surface area contributed by atoms with Gasteiger partial charge < -0.3 is 10.5 Å². The van der Waals surface area contributed by atoms with Crippen LogP contribution in [0.3, 0.4) is 0 Å². The highest BCUT2D eigenvalue weighted by molar-refractivity contribution is 4.91. The number of rotatable bonds is 5. The molecule has 2 aliphatic heterocycles. The van der Waals surface area contributed by atoms with Crippen molar-refractivity contribution in [3.05, 3.63) is 0 Å².